The molecule has 0 saturated heterocycles. The predicted molar refractivity (Wildman–Crippen MR) is 70.5 cm³/mol. The van der Waals surface area contributed by atoms with Crippen molar-refractivity contribution in [2.24, 2.45) is 23.2 Å². The molecule has 0 aromatic rings. The van der Waals surface area contributed by atoms with Gasteiger partial charge in [-0.1, -0.05) is 33.6 Å². The molecule has 0 aliphatic heterocycles. The number of hydrogen-bond acceptors (Lipinski definition) is 1. The minimum absolute atomic E-state index is 0.660. The highest BCUT2D eigenvalue weighted by Crippen LogP contribution is 2.59. The molecule has 4 unspecified atom stereocenters. The van der Waals surface area contributed by atoms with Crippen LogP contribution in [0.25, 0.3) is 0 Å². The van der Waals surface area contributed by atoms with Crippen molar-refractivity contribution in [2.75, 3.05) is 13.1 Å². The molecule has 2 saturated carbocycles. The van der Waals surface area contributed by atoms with Crippen molar-refractivity contribution in [3.8, 4) is 0 Å². The summed E-state index contributed by atoms with van der Waals surface area (Å²) >= 11 is 0. The lowest BCUT2D eigenvalue weighted by molar-refractivity contribution is 0.0803. The van der Waals surface area contributed by atoms with Crippen LogP contribution in [0.4, 0.5) is 0 Å². The highest BCUT2D eigenvalue weighted by Gasteiger charge is 2.52. The molecule has 2 fully saturated rings. The molecule has 1 heteroatoms. The van der Waals surface area contributed by atoms with Crippen LogP contribution in [0, 0.1) is 23.2 Å². The first-order valence-corrected chi connectivity index (χ1v) is 7.43. The topological polar surface area (TPSA) is 12.0 Å². The third-order valence-corrected chi connectivity index (χ3v) is 5.50. The summed E-state index contributed by atoms with van der Waals surface area (Å²) in [5, 5.41) is 3.72. The van der Waals surface area contributed by atoms with E-state index < -0.39 is 0 Å². The van der Waals surface area contributed by atoms with Crippen LogP contribution in [-0.2, 0) is 0 Å². The summed E-state index contributed by atoms with van der Waals surface area (Å²) in [4.78, 5) is 0. The maximum absolute atomic E-state index is 3.72. The third-order valence-electron chi connectivity index (χ3n) is 5.50. The first-order chi connectivity index (χ1) is 7.73. The molecule has 1 nitrogen and oxygen atoms in total. The van der Waals surface area contributed by atoms with Crippen molar-refractivity contribution in [3.05, 3.63) is 0 Å². The zero-order chi connectivity index (χ0) is 11.6. The highest BCUT2D eigenvalue weighted by atomic mass is 14.9. The molecule has 1 N–H and O–H groups in total. The summed E-state index contributed by atoms with van der Waals surface area (Å²) in [5.74, 6) is 3.02. The van der Waals surface area contributed by atoms with Crippen molar-refractivity contribution in [2.45, 2.75) is 59.3 Å². The molecule has 2 rings (SSSR count). The number of rotatable bonds is 6. The molecular formula is C15H29N. The Bertz CT molecular complexity index is 225. The van der Waals surface area contributed by atoms with E-state index in [2.05, 4.69) is 26.1 Å². The Labute approximate surface area is 101 Å². The number of hydrogen-bond donors (Lipinski definition) is 1. The number of fused-ring (bicyclic) bond motifs is 2. The fraction of sp³-hybridized carbons (Fsp3) is 1.00. The Balaban J connectivity index is 2.02. The van der Waals surface area contributed by atoms with E-state index in [4.69, 9.17) is 0 Å². The van der Waals surface area contributed by atoms with Gasteiger partial charge in [0.25, 0.3) is 0 Å². The van der Waals surface area contributed by atoms with Crippen LogP contribution in [0.5, 0.6) is 0 Å². The zero-order valence-electron chi connectivity index (χ0n) is 11.4. The second kappa shape index (κ2) is 5.08. The SMILES string of the molecule is CCCNCC1(C(C)CC)CC2CCC1C2. The molecule has 2 bridgehead atoms. The minimum atomic E-state index is 0.660. The Hall–Kier alpha value is -0.0400. The van der Waals surface area contributed by atoms with Gasteiger partial charge in [-0.05, 0) is 55.4 Å². The normalized spacial score (nSPS) is 39.2. The molecule has 0 aromatic heterocycles. The fourth-order valence-corrected chi connectivity index (χ4v) is 4.39. The zero-order valence-corrected chi connectivity index (χ0v) is 11.4. The van der Waals surface area contributed by atoms with Crippen molar-refractivity contribution in [1.29, 1.82) is 0 Å². The van der Waals surface area contributed by atoms with E-state index in [1.165, 1.54) is 51.6 Å². The van der Waals surface area contributed by atoms with Crippen molar-refractivity contribution in [3.63, 3.8) is 0 Å². The standard InChI is InChI=1S/C15H29N/c1-4-8-16-11-15(12(3)5-2)10-13-6-7-14(15)9-13/h12-14,16H,4-11H2,1-3H3. The van der Waals surface area contributed by atoms with Gasteiger partial charge in [-0.15, -0.1) is 0 Å². The molecule has 2 aliphatic rings. The summed E-state index contributed by atoms with van der Waals surface area (Å²) < 4.78 is 0. The van der Waals surface area contributed by atoms with Crippen molar-refractivity contribution in [1.82, 2.24) is 5.32 Å². The van der Waals surface area contributed by atoms with Gasteiger partial charge in [-0.2, -0.15) is 0 Å². The van der Waals surface area contributed by atoms with Gasteiger partial charge in [0.2, 0.25) is 0 Å². The molecular weight excluding hydrogens is 194 g/mol. The van der Waals surface area contributed by atoms with Gasteiger partial charge in [0.1, 0.15) is 0 Å². The molecule has 0 radical (unpaired) electrons. The maximum Gasteiger partial charge on any atom is 0.00131 e. The lowest BCUT2D eigenvalue weighted by atomic mass is 9.64. The smallest absolute Gasteiger partial charge is 0.00131 e. The van der Waals surface area contributed by atoms with Gasteiger partial charge in [-0.25, -0.2) is 0 Å². The van der Waals surface area contributed by atoms with Crippen LogP contribution >= 0.6 is 0 Å². The first-order valence-electron chi connectivity index (χ1n) is 7.43. The number of nitrogens with one attached hydrogen (secondary N) is 1. The summed E-state index contributed by atoms with van der Waals surface area (Å²) in [5.41, 5.74) is 0.660. The van der Waals surface area contributed by atoms with Gasteiger partial charge >= 0.3 is 0 Å². The van der Waals surface area contributed by atoms with Crippen LogP contribution in [0.1, 0.15) is 59.3 Å². The van der Waals surface area contributed by atoms with Gasteiger partial charge in [0.05, 0.1) is 0 Å². The lowest BCUT2D eigenvalue weighted by Gasteiger charge is -2.43. The van der Waals surface area contributed by atoms with Crippen LogP contribution < -0.4 is 5.32 Å². The maximum atomic E-state index is 3.72. The molecule has 4 atom stereocenters. The van der Waals surface area contributed by atoms with E-state index in [1.54, 1.807) is 0 Å². The molecule has 94 valence electrons. The van der Waals surface area contributed by atoms with E-state index in [9.17, 15) is 0 Å². The Morgan fingerprint density at radius 1 is 1.31 bits per heavy atom. The average molecular weight is 223 g/mol. The second-order valence-corrected chi connectivity index (χ2v) is 6.30. The summed E-state index contributed by atoms with van der Waals surface area (Å²) in [6, 6.07) is 0. The predicted octanol–water partition coefficient (Wildman–Crippen LogP) is 3.84. The van der Waals surface area contributed by atoms with Crippen LogP contribution in [0.3, 0.4) is 0 Å². The molecule has 0 aromatic carbocycles. The summed E-state index contributed by atoms with van der Waals surface area (Å²) in [6.07, 6.45) is 8.72. The average Bonchev–Trinajstić information content (AvgIpc) is 2.89. The Morgan fingerprint density at radius 2 is 2.12 bits per heavy atom. The summed E-state index contributed by atoms with van der Waals surface area (Å²) in [7, 11) is 0. The van der Waals surface area contributed by atoms with Crippen LogP contribution in [-0.4, -0.2) is 13.1 Å². The van der Waals surface area contributed by atoms with Crippen LogP contribution in [0.2, 0.25) is 0 Å². The van der Waals surface area contributed by atoms with Gasteiger partial charge in [0.15, 0.2) is 0 Å². The van der Waals surface area contributed by atoms with E-state index in [0.717, 1.165) is 17.8 Å². The van der Waals surface area contributed by atoms with Gasteiger partial charge in [0, 0.05) is 6.54 Å². The largest absolute Gasteiger partial charge is 0.316 e. The Morgan fingerprint density at radius 3 is 2.62 bits per heavy atom. The van der Waals surface area contributed by atoms with E-state index in [-0.39, 0.29) is 0 Å². The monoisotopic (exact) mass is 223 g/mol. The first kappa shape index (κ1) is 12.4. The molecule has 0 amide bonds. The summed E-state index contributed by atoms with van der Waals surface area (Å²) in [6.45, 7) is 9.63. The molecule has 0 spiro atoms. The highest BCUT2D eigenvalue weighted by molar-refractivity contribution is 5.03. The Kier molecular flexibility index (Phi) is 3.94. The molecule has 16 heavy (non-hydrogen) atoms. The van der Waals surface area contributed by atoms with Gasteiger partial charge in [-0.3, -0.25) is 0 Å². The minimum Gasteiger partial charge on any atom is -0.316 e. The third kappa shape index (κ3) is 2.03. The van der Waals surface area contributed by atoms with E-state index in [0.29, 0.717) is 5.41 Å². The molecule has 2 aliphatic carbocycles. The van der Waals surface area contributed by atoms with Crippen molar-refractivity contribution >= 4 is 0 Å². The van der Waals surface area contributed by atoms with E-state index in [1.807, 2.05) is 0 Å². The van der Waals surface area contributed by atoms with Gasteiger partial charge < -0.3 is 5.32 Å². The fourth-order valence-electron chi connectivity index (χ4n) is 4.39. The van der Waals surface area contributed by atoms with E-state index >= 15 is 0 Å². The quantitative estimate of drug-likeness (QED) is 0.675. The lowest BCUT2D eigenvalue weighted by Crippen LogP contribution is -2.43. The second-order valence-electron chi connectivity index (χ2n) is 6.30. The van der Waals surface area contributed by atoms with Crippen LogP contribution in [0.15, 0.2) is 0 Å². The van der Waals surface area contributed by atoms with Crippen molar-refractivity contribution < 1.29 is 0 Å². The molecule has 0 heterocycles.